The lowest BCUT2D eigenvalue weighted by molar-refractivity contribution is -0.00165. The third kappa shape index (κ3) is 6.77. The third-order valence-electron chi connectivity index (χ3n) is 8.88. The van der Waals surface area contributed by atoms with Gasteiger partial charge in [-0.25, -0.2) is 13.6 Å². The van der Waals surface area contributed by atoms with Gasteiger partial charge in [0.2, 0.25) is 0 Å². The van der Waals surface area contributed by atoms with E-state index in [0.29, 0.717) is 81.0 Å². The molecule has 6 rings (SSSR count). The summed E-state index contributed by atoms with van der Waals surface area (Å²) in [6, 6.07) is 16.4. The average molecular weight is 627 g/mol. The zero-order valence-electron chi connectivity index (χ0n) is 25.1. The molecule has 10 nitrogen and oxygen atoms in total. The Labute approximate surface area is 265 Å². The number of likely N-dealkylation sites (tertiary alicyclic amines) is 2. The van der Waals surface area contributed by atoms with Gasteiger partial charge in [0.15, 0.2) is 0 Å². The van der Waals surface area contributed by atoms with E-state index in [-0.39, 0.29) is 36.2 Å². The highest BCUT2D eigenvalue weighted by Crippen LogP contribution is 2.35. The quantitative estimate of drug-likeness (QED) is 0.368. The highest BCUT2D eigenvalue weighted by Gasteiger charge is 2.47. The van der Waals surface area contributed by atoms with Crippen LogP contribution in [-0.4, -0.2) is 76.1 Å². The number of hydrogen-bond acceptors (Lipinski definition) is 8. The Kier molecular flexibility index (Phi) is 8.82. The fourth-order valence-electron chi connectivity index (χ4n) is 6.27. The number of amides is 2. The Bertz CT molecular complexity index is 1680. The summed E-state index contributed by atoms with van der Waals surface area (Å²) in [5.74, 6) is -0.957. The predicted octanol–water partition coefficient (Wildman–Crippen LogP) is 4.77. The highest BCUT2D eigenvalue weighted by atomic mass is 19.1. The van der Waals surface area contributed by atoms with E-state index in [1.807, 2.05) is 11.0 Å². The molecule has 0 bridgehead atoms. The maximum atomic E-state index is 14.4. The largest absolute Gasteiger partial charge is 0.490 e. The molecule has 3 aliphatic rings. The van der Waals surface area contributed by atoms with Crippen molar-refractivity contribution in [2.45, 2.75) is 50.5 Å². The van der Waals surface area contributed by atoms with Gasteiger partial charge in [0, 0.05) is 70.2 Å². The molecule has 0 N–H and O–H groups in total. The maximum absolute atomic E-state index is 14.4. The van der Waals surface area contributed by atoms with Crippen LogP contribution in [0.15, 0.2) is 54.7 Å². The van der Waals surface area contributed by atoms with E-state index in [2.05, 4.69) is 11.1 Å². The van der Waals surface area contributed by atoms with Crippen LogP contribution in [0.5, 0.6) is 5.75 Å². The molecule has 1 aromatic heterocycles. The van der Waals surface area contributed by atoms with Crippen LogP contribution in [0.4, 0.5) is 13.6 Å². The van der Waals surface area contributed by atoms with Gasteiger partial charge in [-0.3, -0.25) is 19.6 Å². The second kappa shape index (κ2) is 13.1. The predicted molar refractivity (Wildman–Crippen MR) is 160 cm³/mol. The fourth-order valence-corrected chi connectivity index (χ4v) is 6.27. The SMILES string of the molecule is N#Cc1cccc(OC2CCN(C(=O)c3ccc(CN4CC5(CCN(Cc6c(F)cc(C#N)cc6F)CC5)OC4=O)nc3)CC2)c1. The lowest BCUT2D eigenvalue weighted by Crippen LogP contribution is -2.46. The molecular formula is C34H32F2N6O4. The van der Waals surface area contributed by atoms with Crippen molar-refractivity contribution >= 4 is 12.0 Å². The van der Waals surface area contributed by atoms with Gasteiger partial charge in [0.25, 0.3) is 5.91 Å². The number of halogens is 2. The van der Waals surface area contributed by atoms with Crippen LogP contribution in [0.1, 0.15) is 58.4 Å². The average Bonchev–Trinajstić information content (AvgIpc) is 3.37. The van der Waals surface area contributed by atoms with Crippen molar-refractivity contribution in [3.05, 3.63) is 94.3 Å². The van der Waals surface area contributed by atoms with Crippen molar-refractivity contribution in [2.75, 3.05) is 32.7 Å². The number of carbonyl (C=O) groups excluding carboxylic acids is 2. The van der Waals surface area contributed by atoms with E-state index < -0.39 is 23.3 Å². The smallest absolute Gasteiger partial charge is 0.410 e. The first-order valence-corrected chi connectivity index (χ1v) is 15.2. The van der Waals surface area contributed by atoms with E-state index >= 15 is 0 Å². The van der Waals surface area contributed by atoms with Crippen LogP contribution in [0.2, 0.25) is 0 Å². The van der Waals surface area contributed by atoms with Crippen molar-refractivity contribution in [1.29, 1.82) is 10.5 Å². The molecule has 3 fully saturated rings. The number of carbonyl (C=O) groups is 2. The molecule has 3 saturated heterocycles. The van der Waals surface area contributed by atoms with E-state index in [4.69, 9.17) is 20.0 Å². The number of ether oxygens (including phenoxy) is 2. The summed E-state index contributed by atoms with van der Waals surface area (Å²) in [5, 5.41) is 18.0. The van der Waals surface area contributed by atoms with Gasteiger partial charge >= 0.3 is 6.09 Å². The lowest BCUT2D eigenvalue weighted by atomic mass is 9.91. The van der Waals surface area contributed by atoms with Crippen LogP contribution in [0.25, 0.3) is 0 Å². The summed E-state index contributed by atoms with van der Waals surface area (Å²) < 4.78 is 40.6. The Morgan fingerprint density at radius 1 is 0.978 bits per heavy atom. The first-order valence-electron chi connectivity index (χ1n) is 15.2. The van der Waals surface area contributed by atoms with Crippen LogP contribution in [0, 0.1) is 34.3 Å². The topological polar surface area (TPSA) is 123 Å². The van der Waals surface area contributed by atoms with Crippen LogP contribution in [-0.2, 0) is 17.8 Å². The summed E-state index contributed by atoms with van der Waals surface area (Å²) in [6.07, 6.45) is 3.44. The van der Waals surface area contributed by atoms with Gasteiger partial charge in [-0.1, -0.05) is 6.07 Å². The van der Waals surface area contributed by atoms with Gasteiger partial charge in [-0.2, -0.15) is 10.5 Å². The first-order chi connectivity index (χ1) is 22.2. The summed E-state index contributed by atoms with van der Waals surface area (Å²) in [5.41, 5.74) is 0.810. The zero-order valence-corrected chi connectivity index (χ0v) is 25.1. The Morgan fingerprint density at radius 2 is 1.70 bits per heavy atom. The molecule has 4 heterocycles. The minimum Gasteiger partial charge on any atom is -0.490 e. The van der Waals surface area contributed by atoms with Crippen molar-refractivity contribution in [2.24, 2.45) is 0 Å². The second-order valence-electron chi connectivity index (χ2n) is 12.0. The number of nitrogens with zero attached hydrogens (tertiary/aromatic N) is 6. The van der Waals surface area contributed by atoms with Crippen molar-refractivity contribution in [3.63, 3.8) is 0 Å². The molecule has 0 radical (unpaired) electrons. The molecule has 46 heavy (non-hydrogen) atoms. The number of piperidine rings is 2. The highest BCUT2D eigenvalue weighted by molar-refractivity contribution is 5.94. The molecule has 0 saturated carbocycles. The Hall–Kier alpha value is -5.07. The van der Waals surface area contributed by atoms with Crippen molar-refractivity contribution in [1.82, 2.24) is 19.7 Å². The lowest BCUT2D eigenvalue weighted by Gasteiger charge is -2.37. The maximum Gasteiger partial charge on any atom is 0.410 e. The van der Waals surface area contributed by atoms with Gasteiger partial charge in [0.1, 0.15) is 29.1 Å². The number of pyridine rings is 1. The standard InChI is InChI=1S/C34H32F2N6O4/c35-30-15-24(18-38)16-31(36)29(30)21-40-12-8-34(9-13-40)22-42(33(44)46-34)20-26-5-4-25(19-39-26)32(43)41-10-6-27(7-11-41)45-28-3-1-2-23(14-28)17-37/h1-5,14-16,19,27H,6-13,20-22H2. The number of nitriles is 2. The van der Waals surface area contributed by atoms with Crippen LogP contribution >= 0.6 is 0 Å². The van der Waals surface area contributed by atoms with Crippen LogP contribution in [0.3, 0.4) is 0 Å². The van der Waals surface area contributed by atoms with E-state index in [0.717, 1.165) is 12.1 Å². The fraction of sp³-hybridized carbons (Fsp3) is 0.382. The molecule has 2 amide bonds. The molecule has 2 aromatic carbocycles. The minimum atomic E-state index is -0.745. The summed E-state index contributed by atoms with van der Waals surface area (Å²) in [4.78, 5) is 35.7. The Morgan fingerprint density at radius 3 is 2.35 bits per heavy atom. The van der Waals surface area contributed by atoms with E-state index in [9.17, 15) is 18.4 Å². The van der Waals surface area contributed by atoms with E-state index in [1.165, 1.54) is 6.20 Å². The molecule has 12 heteroatoms. The molecule has 3 aromatic rings. The number of benzene rings is 2. The second-order valence-corrected chi connectivity index (χ2v) is 12.0. The third-order valence-corrected chi connectivity index (χ3v) is 8.88. The van der Waals surface area contributed by atoms with E-state index in [1.54, 1.807) is 46.2 Å². The van der Waals surface area contributed by atoms with Gasteiger partial charge in [-0.15, -0.1) is 0 Å². The normalized spacial score (nSPS) is 18.2. The summed E-state index contributed by atoms with van der Waals surface area (Å²) in [7, 11) is 0. The zero-order chi connectivity index (χ0) is 32.3. The Balaban J connectivity index is 0.978. The van der Waals surface area contributed by atoms with Crippen molar-refractivity contribution < 1.29 is 27.8 Å². The monoisotopic (exact) mass is 626 g/mol. The minimum absolute atomic E-state index is 0.0391. The first kappa shape index (κ1) is 30.9. The van der Waals surface area contributed by atoms with Gasteiger partial charge < -0.3 is 14.4 Å². The molecule has 3 aliphatic heterocycles. The van der Waals surface area contributed by atoms with Crippen LogP contribution < -0.4 is 4.74 Å². The number of rotatable bonds is 7. The molecule has 0 atom stereocenters. The van der Waals surface area contributed by atoms with Crippen molar-refractivity contribution in [3.8, 4) is 17.9 Å². The van der Waals surface area contributed by atoms with Gasteiger partial charge in [-0.05, 0) is 42.5 Å². The molecule has 236 valence electrons. The van der Waals surface area contributed by atoms with Gasteiger partial charge in [0.05, 0.1) is 47.6 Å². The summed E-state index contributed by atoms with van der Waals surface area (Å²) >= 11 is 0. The molecule has 1 spiro atoms. The number of hydrogen-bond donors (Lipinski definition) is 0. The molecule has 0 aliphatic carbocycles. The summed E-state index contributed by atoms with van der Waals surface area (Å²) in [6.45, 7) is 2.74. The molecular weight excluding hydrogens is 594 g/mol. The molecule has 0 unspecified atom stereocenters. The number of aromatic nitrogens is 1.